The summed E-state index contributed by atoms with van der Waals surface area (Å²) >= 11 is 0. The zero-order valence-corrected chi connectivity index (χ0v) is 11.3. The lowest BCUT2D eigenvalue weighted by atomic mass is 10.2. The number of hydrogen-bond donors (Lipinski definition) is 2. The summed E-state index contributed by atoms with van der Waals surface area (Å²) in [5.74, 6) is -0.103. The maximum atomic E-state index is 12.0. The van der Waals surface area contributed by atoms with E-state index in [1.165, 1.54) is 6.20 Å². The molecule has 102 valence electrons. The standard InChI is InChI=1S/C9H15N3O4S2/c13-17(14)3-1-9(2-4-17)18(15,16)12-7-8-5-10-11-6-8/h5-6,9,12H,1-4,7H2,(H,10,11). The average Bonchev–Trinajstić information content (AvgIpc) is 2.79. The van der Waals surface area contributed by atoms with Gasteiger partial charge in [-0.25, -0.2) is 21.6 Å². The van der Waals surface area contributed by atoms with Crippen LogP contribution in [-0.4, -0.2) is 43.8 Å². The zero-order chi connectivity index (χ0) is 13.2. The molecule has 0 unspecified atom stereocenters. The Kier molecular flexibility index (Phi) is 3.74. The van der Waals surface area contributed by atoms with E-state index >= 15 is 0 Å². The molecule has 0 radical (unpaired) electrons. The van der Waals surface area contributed by atoms with Gasteiger partial charge in [0.2, 0.25) is 10.0 Å². The van der Waals surface area contributed by atoms with Gasteiger partial charge in [-0.15, -0.1) is 0 Å². The predicted molar refractivity (Wildman–Crippen MR) is 66.0 cm³/mol. The van der Waals surface area contributed by atoms with Crippen molar-refractivity contribution in [2.75, 3.05) is 11.5 Å². The summed E-state index contributed by atoms with van der Waals surface area (Å²) in [5.41, 5.74) is 0.738. The number of aromatic amines is 1. The minimum absolute atomic E-state index is 0.0513. The van der Waals surface area contributed by atoms with E-state index in [2.05, 4.69) is 14.9 Å². The molecule has 2 heterocycles. The van der Waals surface area contributed by atoms with E-state index in [1.54, 1.807) is 6.20 Å². The van der Waals surface area contributed by atoms with Gasteiger partial charge in [0.1, 0.15) is 9.84 Å². The van der Waals surface area contributed by atoms with Crippen molar-refractivity contribution in [2.45, 2.75) is 24.6 Å². The molecule has 0 aliphatic carbocycles. The Hall–Kier alpha value is -0.930. The van der Waals surface area contributed by atoms with Gasteiger partial charge >= 0.3 is 0 Å². The number of H-pyrrole nitrogens is 1. The second-order valence-corrected chi connectivity index (χ2v) is 8.67. The van der Waals surface area contributed by atoms with E-state index in [9.17, 15) is 16.8 Å². The van der Waals surface area contributed by atoms with Crippen LogP contribution in [0.3, 0.4) is 0 Å². The normalized spacial score (nSPS) is 20.9. The number of aromatic nitrogens is 2. The van der Waals surface area contributed by atoms with E-state index in [4.69, 9.17) is 0 Å². The SMILES string of the molecule is O=S1(=O)CCC(S(=O)(=O)NCc2cn[nH]c2)CC1. The van der Waals surface area contributed by atoms with E-state index < -0.39 is 25.1 Å². The Morgan fingerprint density at radius 3 is 2.61 bits per heavy atom. The molecule has 0 atom stereocenters. The summed E-state index contributed by atoms with van der Waals surface area (Å²) in [6.45, 7) is 0.169. The van der Waals surface area contributed by atoms with Gasteiger partial charge in [0, 0.05) is 18.3 Å². The Morgan fingerprint density at radius 1 is 1.39 bits per heavy atom. The van der Waals surface area contributed by atoms with Crippen LogP contribution in [0.25, 0.3) is 0 Å². The lowest BCUT2D eigenvalue weighted by Gasteiger charge is -2.22. The van der Waals surface area contributed by atoms with Crippen LogP contribution >= 0.6 is 0 Å². The monoisotopic (exact) mass is 293 g/mol. The highest BCUT2D eigenvalue weighted by atomic mass is 32.2. The third-order valence-corrected chi connectivity index (χ3v) is 6.58. The molecule has 18 heavy (non-hydrogen) atoms. The van der Waals surface area contributed by atoms with Crippen molar-refractivity contribution < 1.29 is 16.8 Å². The largest absolute Gasteiger partial charge is 0.285 e. The first-order valence-electron chi connectivity index (χ1n) is 5.56. The van der Waals surface area contributed by atoms with Crippen LogP contribution in [0, 0.1) is 0 Å². The molecule has 1 fully saturated rings. The van der Waals surface area contributed by atoms with Gasteiger partial charge in [-0.2, -0.15) is 5.10 Å². The van der Waals surface area contributed by atoms with E-state index in [1.807, 2.05) is 0 Å². The maximum absolute atomic E-state index is 12.0. The smallest absolute Gasteiger partial charge is 0.214 e. The topological polar surface area (TPSA) is 109 Å². The van der Waals surface area contributed by atoms with E-state index in [0.717, 1.165) is 5.56 Å². The van der Waals surface area contributed by atoms with Crippen molar-refractivity contribution in [3.63, 3.8) is 0 Å². The quantitative estimate of drug-likeness (QED) is 0.771. The molecule has 0 saturated carbocycles. The molecule has 2 N–H and O–H groups in total. The second kappa shape index (κ2) is 4.98. The van der Waals surface area contributed by atoms with Crippen molar-refractivity contribution in [1.82, 2.24) is 14.9 Å². The third-order valence-electron chi connectivity index (χ3n) is 2.97. The van der Waals surface area contributed by atoms with E-state index in [0.29, 0.717) is 0 Å². The van der Waals surface area contributed by atoms with Crippen molar-refractivity contribution in [3.05, 3.63) is 18.0 Å². The molecular formula is C9H15N3O4S2. The van der Waals surface area contributed by atoms with Crippen molar-refractivity contribution in [2.24, 2.45) is 0 Å². The zero-order valence-electron chi connectivity index (χ0n) is 9.66. The van der Waals surface area contributed by atoms with Crippen LogP contribution in [0.2, 0.25) is 0 Å². The predicted octanol–water partition coefficient (Wildman–Crippen LogP) is -0.594. The van der Waals surface area contributed by atoms with Crippen LogP contribution in [0.5, 0.6) is 0 Å². The first-order chi connectivity index (χ1) is 8.39. The second-order valence-electron chi connectivity index (χ2n) is 4.32. The molecule has 1 aliphatic heterocycles. The molecule has 7 nitrogen and oxygen atoms in total. The number of nitrogens with zero attached hydrogens (tertiary/aromatic N) is 1. The van der Waals surface area contributed by atoms with Crippen LogP contribution in [0.1, 0.15) is 18.4 Å². The fourth-order valence-corrected chi connectivity index (χ4v) is 5.10. The molecule has 0 bridgehead atoms. The van der Waals surface area contributed by atoms with Gasteiger partial charge in [-0.3, -0.25) is 5.10 Å². The van der Waals surface area contributed by atoms with Crippen LogP contribution in [0.4, 0.5) is 0 Å². The molecule has 1 aromatic rings. The Labute approximate surface area is 106 Å². The first kappa shape index (κ1) is 13.5. The Bertz CT molecular complexity index is 578. The molecule has 0 aromatic carbocycles. The summed E-state index contributed by atoms with van der Waals surface area (Å²) in [4.78, 5) is 0. The van der Waals surface area contributed by atoms with E-state index in [-0.39, 0.29) is 30.9 Å². The summed E-state index contributed by atoms with van der Waals surface area (Å²) in [5, 5.41) is 5.69. The van der Waals surface area contributed by atoms with Gasteiger partial charge in [0.25, 0.3) is 0 Å². The highest BCUT2D eigenvalue weighted by molar-refractivity contribution is 7.92. The average molecular weight is 293 g/mol. The number of sulfone groups is 1. The summed E-state index contributed by atoms with van der Waals surface area (Å²) in [6.07, 6.45) is 3.48. The number of hydrogen-bond acceptors (Lipinski definition) is 5. The Balaban J connectivity index is 1.95. The maximum Gasteiger partial charge on any atom is 0.214 e. The first-order valence-corrected chi connectivity index (χ1v) is 8.92. The van der Waals surface area contributed by atoms with Gasteiger partial charge in [-0.05, 0) is 12.8 Å². The minimum Gasteiger partial charge on any atom is -0.285 e. The minimum atomic E-state index is -3.47. The molecule has 0 amide bonds. The van der Waals surface area contributed by atoms with Crippen LogP contribution < -0.4 is 4.72 Å². The summed E-state index contributed by atoms with van der Waals surface area (Å²) < 4.78 is 48.9. The molecule has 0 spiro atoms. The number of rotatable bonds is 4. The fraction of sp³-hybridized carbons (Fsp3) is 0.667. The third kappa shape index (κ3) is 3.30. The molecule has 1 aliphatic rings. The van der Waals surface area contributed by atoms with Gasteiger partial charge in [0.15, 0.2) is 0 Å². The fourth-order valence-electron chi connectivity index (χ4n) is 1.85. The van der Waals surface area contributed by atoms with Gasteiger partial charge in [0.05, 0.1) is 23.0 Å². The van der Waals surface area contributed by atoms with Crippen molar-refractivity contribution in [3.8, 4) is 0 Å². The number of sulfonamides is 1. The highest BCUT2D eigenvalue weighted by Gasteiger charge is 2.32. The Morgan fingerprint density at radius 2 is 2.06 bits per heavy atom. The number of nitrogens with one attached hydrogen (secondary N) is 2. The van der Waals surface area contributed by atoms with Crippen LogP contribution in [-0.2, 0) is 26.4 Å². The molecule has 1 aromatic heterocycles. The summed E-state index contributed by atoms with van der Waals surface area (Å²) in [6, 6.07) is 0. The summed E-state index contributed by atoms with van der Waals surface area (Å²) in [7, 11) is -6.51. The van der Waals surface area contributed by atoms with Gasteiger partial charge < -0.3 is 0 Å². The molecule has 9 heteroatoms. The lowest BCUT2D eigenvalue weighted by Crippen LogP contribution is -2.39. The molecular weight excluding hydrogens is 278 g/mol. The van der Waals surface area contributed by atoms with Crippen molar-refractivity contribution >= 4 is 19.9 Å². The van der Waals surface area contributed by atoms with Crippen LogP contribution in [0.15, 0.2) is 12.4 Å². The molecule has 1 saturated heterocycles. The highest BCUT2D eigenvalue weighted by Crippen LogP contribution is 2.18. The van der Waals surface area contributed by atoms with Gasteiger partial charge in [-0.1, -0.05) is 0 Å². The lowest BCUT2D eigenvalue weighted by molar-refractivity contribution is 0.542. The molecule has 2 rings (SSSR count). The van der Waals surface area contributed by atoms with Crippen molar-refractivity contribution in [1.29, 1.82) is 0 Å².